The molecule has 30 heavy (non-hydrogen) atoms. The van der Waals surface area contributed by atoms with Gasteiger partial charge in [-0.05, 0) is 61.9 Å². The number of benzene rings is 2. The van der Waals surface area contributed by atoms with Crippen LogP contribution in [0, 0.1) is 0 Å². The molecule has 0 fully saturated rings. The van der Waals surface area contributed by atoms with Crippen LogP contribution in [0.1, 0.15) is 29.9 Å². The SMILES string of the molecule is CC(C)(O)c1cc(-c2ccc(-c3ccc(C(N)=O)cc3)s2)n(-c2ccccc2Cl)n1. The minimum Gasteiger partial charge on any atom is -0.384 e. The molecule has 4 aromatic rings. The van der Waals surface area contributed by atoms with Crippen LogP contribution in [0.2, 0.25) is 5.02 Å². The topological polar surface area (TPSA) is 81.1 Å². The van der Waals surface area contributed by atoms with Crippen molar-refractivity contribution in [3.8, 4) is 26.7 Å². The zero-order chi connectivity index (χ0) is 21.5. The Morgan fingerprint density at radius 3 is 2.37 bits per heavy atom. The van der Waals surface area contributed by atoms with Crippen molar-refractivity contribution in [3.05, 3.63) is 83.0 Å². The molecule has 1 amide bonds. The Hall–Kier alpha value is -2.93. The van der Waals surface area contributed by atoms with Gasteiger partial charge in [0, 0.05) is 10.4 Å². The van der Waals surface area contributed by atoms with Gasteiger partial charge in [0.25, 0.3) is 0 Å². The highest BCUT2D eigenvalue weighted by atomic mass is 35.5. The van der Waals surface area contributed by atoms with Crippen LogP contribution in [-0.2, 0) is 5.60 Å². The van der Waals surface area contributed by atoms with Gasteiger partial charge < -0.3 is 10.8 Å². The highest BCUT2D eigenvalue weighted by Crippen LogP contribution is 2.38. The Labute approximate surface area is 183 Å². The predicted molar refractivity (Wildman–Crippen MR) is 121 cm³/mol. The van der Waals surface area contributed by atoms with E-state index in [0.717, 1.165) is 26.7 Å². The number of primary amides is 1. The Kier molecular flexibility index (Phi) is 5.24. The normalized spacial score (nSPS) is 11.6. The molecule has 0 bridgehead atoms. The Morgan fingerprint density at radius 1 is 1.07 bits per heavy atom. The van der Waals surface area contributed by atoms with E-state index in [9.17, 15) is 9.90 Å². The first-order chi connectivity index (χ1) is 14.2. The molecule has 152 valence electrons. The molecule has 0 aliphatic heterocycles. The smallest absolute Gasteiger partial charge is 0.248 e. The van der Waals surface area contributed by atoms with E-state index in [0.29, 0.717) is 16.3 Å². The molecule has 2 aromatic carbocycles. The predicted octanol–water partition coefficient (Wildman–Crippen LogP) is 5.25. The number of halogens is 1. The van der Waals surface area contributed by atoms with Gasteiger partial charge in [-0.1, -0.05) is 35.9 Å². The third-order valence-corrected chi connectivity index (χ3v) is 6.21. The van der Waals surface area contributed by atoms with Crippen LogP contribution in [0.15, 0.2) is 66.7 Å². The summed E-state index contributed by atoms with van der Waals surface area (Å²) in [5.74, 6) is -0.448. The molecule has 0 radical (unpaired) electrons. The van der Waals surface area contributed by atoms with Gasteiger partial charge in [-0.3, -0.25) is 4.79 Å². The molecule has 0 aliphatic rings. The number of carbonyl (C=O) groups is 1. The van der Waals surface area contributed by atoms with Crippen LogP contribution >= 0.6 is 22.9 Å². The van der Waals surface area contributed by atoms with Crippen molar-refractivity contribution in [1.82, 2.24) is 9.78 Å². The minimum atomic E-state index is -1.09. The number of carbonyl (C=O) groups excluding carboxylic acids is 1. The molecule has 0 aliphatic carbocycles. The molecule has 0 saturated carbocycles. The average Bonchev–Trinajstić information content (AvgIpc) is 3.35. The van der Waals surface area contributed by atoms with E-state index in [1.165, 1.54) is 0 Å². The lowest BCUT2D eigenvalue weighted by molar-refractivity contribution is 0.0734. The Bertz CT molecular complexity index is 1220. The van der Waals surface area contributed by atoms with E-state index >= 15 is 0 Å². The standard InChI is InChI=1S/C23H20ClN3O2S/c1-23(2,29)21-13-18(27(26-21)17-6-4-3-5-16(17)24)20-12-11-19(30-20)14-7-9-15(10-8-14)22(25)28/h3-13,29H,1-2H3,(H2,25,28). The highest BCUT2D eigenvalue weighted by molar-refractivity contribution is 7.18. The first-order valence-corrected chi connectivity index (χ1v) is 10.5. The van der Waals surface area contributed by atoms with Crippen LogP contribution in [0.5, 0.6) is 0 Å². The number of rotatable bonds is 5. The van der Waals surface area contributed by atoms with Crippen molar-refractivity contribution in [2.24, 2.45) is 5.73 Å². The maximum absolute atomic E-state index is 11.3. The van der Waals surface area contributed by atoms with Crippen LogP contribution < -0.4 is 5.73 Å². The number of nitrogens with zero attached hydrogens (tertiary/aromatic N) is 2. The van der Waals surface area contributed by atoms with Crippen molar-refractivity contribution in [2.75, 3.05) is 0 Å². The lowest BCUT2D eigenvalue weighted by atomic mass is 10.1. The summed E-state index contributed by atoms with van der Waals surface area (Å²) in [4.78, 5) is 13.3. The molecule has 2 heterocycles. The van der Waals surface area contributed by atoms with Crippen LogP contribution in [-0.4, -0.2) is 20.8 Å². The summed E-state index contributed by atoms with van der Waals surface area (Å²) in [6.07, 6.45) is 0. The summed E-state index contributed by atoms with van der Waals surface area (Å²) >= 11 is 8.02. The van der Waals surface area contributed by atoms with Gasteiger partial charge in [-0.2, -0.15) is 5.10 Å². The number of amides is 1. The van der Waals surface area contributed by atoms with E-state index < -0.39 is 11.5 Å². The van der Waals surface area contributed by atoms with Crippen molar-refractivity contribution in [2.45, 2.75) is 19.4 Å². The summed E-state index contributed by atoms with van der Waals surface area (Å²) in [6, 6.07) is 20.6. The number of para-hydroxylation sites is 1. The fourth-order valence-electron chi connectivity index (χ4n) is 3.09. The monoisotopic (exact) mass is 437 g/mol. The summed E-state index contributed by atoms with van der Waals surface area (Å²) in [5.41, 5.74) is 7.83. The van der Waals surface area contributed by atoms with Crippen molar-refractivity contribution >= 4 is 28.8 Å². The molecule has 0 saturated heterocycles. The van der Waals surface area contributed by atoms with Gasteiger partial charge in [0.1, 0.15) is 5.60 Å². The number of nitrogens with two attached hydrogens (primary N) is 1. The lowest BCUT2D eigenvalue weighted by Crippen LogP contribution is -2.16. The largest absolute Gasteiger partial charge is 0.384 e. The Morgan fingerprint density at radius 2 is 1.73 bits per heavy atom. The maximum atomic E-state index is 11.3. The molecule has 0 spiro atoms. The number of thiophene rings is 1. The second kappa shape index (κ2) is 7.72. The first-order valence-electron chi connectivity index (χ1n) is 9.32. The zero-order valence-electron chi connectivity index (χ0n) is 16.5. The number of aromatic nitrogens is 2. The molecular formula is C23H20ClN3O2S. The summed E-state index contributed by atoms with van der Waals surface area (Å²) in [5, 5.41) is 15.7. The summed E-state index contributed by atoms with van der Waals surface area (Å²) < 4.78 is 1.77. The first kappa shape index (κ1) is 20.3. The zero-order valence-corrected chi connectivity index (χ0v) is 18.0. The van der Waals surface area contributed by atoms with E-state index in [2.05, 4.69) is 5.10 Å². The van der Waals surface area contributed by atoms with E-state index in [1.54, 1.807) is 42.0 Å². The summed E-state index contributed by atoms with van der Waals surface area (Å²) in [7, 11) is 0. The summed E-state index contributed by atoms with van der Waals surface area (Å²) in [6.45, 7) is 3.41. The molecule has 7 heteroatoms. The van der Waals surface area contributed by atoms with Crippen LogP contribution in [0.4, 0.5) is 0 Å². The van der Waals surface area contributed by atoms with E-state index in [1.807, 2.05) is 54.6 Å². The molecule has 4 rings (SSSR count). The minimum absolute atomic E-state index is 0.448. The number of hydrogen-bond acceptors (Lipinski definition) is 4. The fourth-order valence-corrected chi connectivity index (χ4v) is 4.32. The van der Waals surface area contributed by atoms with Gasteiger partial charge in [-0.15, -0.1) is 11.3 Å². The Balaban J connectivity index is 1.80. The van der Waals surface area contributed by atoms with Gasteiger partial charge in [0.2, 0.25) is 5.91 Å². The third kappa shape index (κ3) is 3.89. The van der Waals surface area contributed by atoms with E-state index in [4.69, 9.17) is 17.3 Å². The lowest BCUT2D eigenvalue weighted by Gasteiger charge is -2.13. The molecule has 0 unspecified atom stereocenters. The molecule has 5 nitrogen and oxygen atoms in total. The molecule has 0 atom stereocenters. The van der Waals surface area contributed by atoms with Gasteiger partial charge in [0.05, 0.1) is 27.0 Å². The van der Waals surface area contributed by atoms with E-state index in [-0.39, 0.29) is 0 Å². The maximum Gasteiger partial charge on any atom is 0.248 e. The fraction of sp³-hybridized carbons (Fsp3) is 0.130. The third-order valence-electron chi connectivity index (χ3n) is 4.73. The second-order valence-electron chi connectivity index (χ2n) is 7.44. The van der Waals surface area contributed by atoms with Crippen LogP contribution in [0.3, 0.4) is 0 Å². The average molecular weight is 438 g/mol. The highest BCUT2D eigenvalue weighted by Gasteiger charge is 2.24. The molecule has 2 aromatic heterocycles. The van der Waals surface area contributed by atoms with Crippen LogP contribution in [0.25, 0.3) is 26.7 Å². The van der Waals surface area contributed by atoms with Gasteiger partial charge in [-0.25, -0.2) is 4.68 Å². The van der Waals surface area contributed by atoms with Crippen molar-refractivity contribution in [1.29, 1.82) is 0 Å². The van der Waals surface area contributed by atoms with Crippen molar-refractivity contribution < 1.29 is 9.90 Å². The quantitative estimate of drug-likeness (QED) is 0.447. The number of hydrogen-bond donors (Lipinski definition) is 2. The molecule has 3 N–H and O–H groups in total. The number of aliphatic hydroxyl groups is 1. The van der Waals surface area contributed by atoms with Gasteiger partial charge >= 0.3 is 0 Å². The van der Waals surface area contributed by atoms with Gasteiger partial charge in [0.15, 0.2) is 0 Å². The van der Waals surface area contributed by atoms with Crippen molar-refractivity contribution in [3.63, 3.8) is 0 Å². The molecular weight excluding hydrogens is 418 g/mol. The second-order valence-corrected chi connectivity index (χ2v) is 8.93.